The Balaban J connectivity index is 2.00. The quantitative estimate of drug-likeness (QED) is 0.783. The van der Waals surface area contributed by atoms with E-state index in [4.69, 9.17) is 5.73 Å². The van der Waals surface area contributed by atoms with Gasteiger partial charge in [-0.2, -0.15) is 0 Å². The SMILES string of the molecule is CC(C)Cc1ccc(-c2nc3ccccn3c2N)cc1. The molecule has 20 heavy (non-hydrogen) atoms. The Labute approximate surface area is 119 Å². The van der Waals surface area contributed by atoms with E-state index in [0.29, 0.717) is 11.7 Å². The highest BCUT2D eigenvalue weighted by molar-refractivity contribution is 5.74. The zero-order valence-corrected chi connectivity index (χ0v) is 11.9. The molecule has 0 saturated carbocycles. The number of aromatic nitrogens is 2. The molecule has 2 heterocycles. The monoisotopic (exact) mass is 265 g/mol. The van der Waals surface area contributed by atoms with Gasteiger partial charge >= 0.3 is 0 Å². The standard InChI is InChI=1S/C17H19N3/c1-12(2)11-13-6-8-14(9-7-13)16-17(18)20-10-4-3-5-15(20)19-16/h3-10,12H,11,18H2,1-2H3. The molecule has 102 valence electrons. The summed E-state index contributed by atoms with van der Waals surface area (Å²) in [6.07, 6.45) is 3.04. The van der Waals surface area contributed by atoms with E-state index < -0.39 is 0 Å². The fourth-order valence-corrected chi connectivity index (χ4v) is 2.50. The van der Waals surface area contributed by atoms with Gasteiger partial charge in [0.05, 0.1) is 0 Å². The molecule has 0 saturated heterocycles. The maximum atomic E-state index is 6.19. The normalized spacial score (nSPS) is 11.3. The van der Waals surface area contributed by atoms with Crippen LogP contribution in [-0.2, 0) is 6.42 Å². The molecule has 3 aromatic rings. The summed E-state index contributed by atoms with van der Waals surface area (Å²) in [4.78, 5) is 4.61. The molecule has 1 aromatic carbocycles. The number of rotatable bonds is 3. The molecule has 3 nitrogen and oxygen atoms in total. The van der Waals surface area contributed by atoms with Gasteiger partial charge in [-0.3, -0.25) is 4.40 Å². The first-order valence-electron chi connectivity index (χ1n) is 6.97. The molecule has 0 unspecified atom stereocenters. The van der Waals surface area contributed by atoms with Crippen LogP contribution in [0.15, 0.2) is 48.7 Å². The van der Waals surface area contributed by atoms with E-state index in [1.54, 1.807) is 0 Å². The smallest absolute Gasteiger partial charge is 0.139 e. The average Bonchev–Trinajstić information content (AvgIpc) is 2.77. The summed E-state index contributed by atoms with van der Waals surface area (Å²) >= 11 is 0. The van der Waals surface area contributed by atoms with Crippen LogP contribution in [-0.4, -0.2) is 9.38 Å². The van der Waals surface area contributed by atoms with Crippen molar-refractivity contribution in [2.75, 3.05) is 5.73 Å². The molecule has 2 aromatic heterocycles. The van der Waals surface area contributed by atoms with Crippen LogP contribution in [0.4, 0.5) is 5.82 Å². The molecule has 0 aliphatic rings. The van der Waals surface area contributed by atoms with Crippen molar-refractivity contribution in [3.8, 4) is 11.3 Å². The maximum Gasteiger partial charge on any atom is 0.139 e. The van der Waals surface area contributed by atoms with Crippen LogP contribution in [0, 0.1) is 5.92 Å². The van der Waals surface area contributed by atoms with Crippen LogP contribution in [0.1, 0.15) is 19.4 Å². The van der Waals surface area contributed by atoms with Crippen molar-refractivity contribution in [1.29, 1.82) is 0 Å². The lowest BCUT2D eigenvalue weighted by molar-refractivity contribution is 0.647. The minimum absolute atomic E-state index is 0.668. The molecule has 3 heteroatoms. The van der Waals surface area contributed by atoms with Crippen LogP contribution >= 0.6 is 0 Å². The number of nitrogens with zero attached hydrogens (tertiary/aromatic N) is 2. The Hall–Kier alpha value is -2.29. The van der Waals surface area contributed by atoms with Gasteiger partial charge in [0.15, 0.2) is 0 Å². The van der Waals surface area contributed by atoms with E-state index in [0.717, 1.165) is 23.3 Å². The van der Waals surface area contributed by atoms with Gasteiger partial charge in [-0.1, -0.05) is 44.2 Å². The van der Waals surface area contributed by atoms with Gasteiger partial charge in [-0.25, -0.2) is 4.98 Å². The number of anilines is 1. The van der Waals surface area contributed by atoms with E-state index in [1.165, 1.54) is 5.56 Å². The Morgan fingerprint density at radius 3 is 2.50 bits per heavy atom. The number of hydrogen-bond donors (Lipinski definition) is 1. The largest absolute Gasteiger partial charge is 0.383 e. The van der Waals surface area contributed by atoms with Crippen molar-refractivity contribution < 1.29 is 0 Å². The predicted octanol–water partition coefficient (Wildman–Crippen LogP) is 3.78. The highest BCUT2D eigenvalue weighted by atomic mass is 15.1. The zero-order valence-electron chi connectivity index (χ0n) is 11.9. The minimum Gasteiger partial charge on any atom is -0.383 e. The molecular weight excluding hydrogens is 246 g/mol. The predicted molar refractivity (Wildman–Crippen MR) is 83.6 cm³/mol. The Morgan fingerprint density at radius 1 is 1.10 bits per heavy atom. The second-order valence-corrected chi connectivity index (χ2v) is 5.57. The summed E-state index contributed by atoms with van der Waals surface area (Å²) in [6.45, 7) is 4.46. The van der Waals surface area contributed by atoms with Crippen molar-refractivity contribution in [2.45, 2.75) is 20.3 Å². The van der Waals surface area contributed by atoms with Gasteiger partial charge < -0.3 is 5.73 Å². The van der Waals surface area contributed by atoms with Crippen molar-refractivity contribution in [3.63, 3.8) is 0 Å². The number of nitrogen functional groups attached to an aromatic ring is 1. The van der Waals surface area contributed by atoms with Crippen molar-refractivity contribution in [3.05, 3.63) is 54.2 Å². The molecule has 3 rings (SSSR count). The van der Waals surface area contributed by atoms with Gasteiger partial charge in [-0.05, 0) is 30.0 Å². The second-order valence-electron chi connectivity index (χ2n) is 5.57. The van der Waals surface area contributed by atoms with Crippen LogP contribution in [0.5, 0.6) is 0 Å². The summed E-state index contributed by atoms with van der Waals surface area (Å²) in [5.74, 6) is 1.36. The Kier molecular flexibility index (Phi) is 3.18. The molecule has 2 N–H and O–H groups in total. The number of hydrogen-bond acceptors (Lipinski definition) is 2. The zero-order chi connectivity index (χ0) is 14.1. The first kappa shape index (κ1) is 12.7. The lowest BCUT2D eigenvalue weighted by Gasteiger charge is -2.06. The molecule has 0 aliphatic carbocycles. The van der Waals surface area contributed by atoms with E-state index in [-0.39, 0.29) is 0 Å². The van der Waals surface area contributed by atoms with Crippen LogP contribution in [0.2, 0.25) is 0 Å². The minimum atomic E-state index is 0.668. The molecule has 0 bridgehead atoms. The van der Waals surface area contributed by atoms with Gasteiger partial charge in [0, 0.05) is 11.8 Å². The van der Waals surface area contributed by atoms with Crippen LogP contribution in [0.3, 0.4) is 0 Å². The van der Waals surface area contributed by atoms with Crippen molar-refractivity contribution in [1.82, 2.24) is 9.38 Å². The van der Waals surface area contributed by atoms with E-state index in [9.17, 15) is 0 Å². The van der Waals surface area contributed by atoms with E-state index in [1.807, 2.05) is 28.8 Å². The Morgan fingerprint density at radius 2 is 1.85 bits per heavy atom. The van der Waals surface area contributed by atoms with E-state index in [2.05, 4.69) is 43.1 Å². The van der Waals surface area contributed by atoms with Gasteiger partial charge in [0.25, 0.3) is 0 Å². The van der Waals surface area contributed by atoms with Gasteiger partial charge in [-0.15, -0.1) is 0 Å². The molecule has 0 atom stereocenters. The fraction of sp³-hybridized carbons (Fsp3) is 0.235. The van der Waals surface area contributed by atoms with E-state index >= 15 is 0 Å². The summed E-state index contributed by atoms with van der Waals surface area (Å²) in [5, 5.41) is 0. The lowest BCUT2D eigenvalue weighted by Crippen LogP contribution is -1.95. The summed E-state index contributed by atoms with van der Waals surface area (Å²) in [7, 11) is 0. The lowest BCUT2D eigenvalue weighted by atomic mass is 10.0. The third-order valence-electron chi connectivity index (χ3n) is 3.44. The molecule has 0 radical (unpaired) electrons. The molecule has 0 amide bonds. The molecule has 0 fully saturated rings. The van der Waals surface area contributed by atoms with Gasteiger partial charge in [0.1, 0.15) is 17.2 Å². The fourth-order valence-electron chi connectivity index (χ4n) is 2.50. The first-order valence-corrected chi connectivity index (χ1v) is 6.97. The maximum absolute atomic E-state index is 6.19. The average molecular weight is 265 g/mol. The highest BCUT2D eigenvalue weighted by Crippen LogP contribution is 2.26. The Bertz CT molecular complexity index is 724. The van der Waals surface area contributed by atoms with Crippen molar-refractivity contribution >= 4 is 11.5 Å². The topological polar surface area (TPSA) is 43.3 Å². The highest BCUT2D eigenvalue weighted by Gasteiger charge is 2.10. The number of fused-ring (bicyclic) bond motifs is 1. The summed E-state index contributed by atoms with van der Waals surface area (Å²) < 4.78 is 1.91. The summed E-state index contributed by atoms with van der Waals surface area (Å²) in [6, 6.07) is 14.4. The third kappa shape index (κ3) is 2.27. The third-order valence-corrected chi connectivity index (χ3v) is 3.44. The first-order chi connectivity index (χ1) is 9.65. The molecule has 0 spiro atoms. The van der Waals surface area contributed by atoms with Crippen LogP contribution < -0.4 is 5.73 Å². The van der Waals surface area contributed by atoms with Crippen molar-refractivity contribution in [2.24, 2.45) is 5.92 Å². The number of benzene rings is 1. The number of nitrogens with two attached hydrogens (primary N) is 1. The van der Waals surface area contributed by atoms with Gasteiger partial charge in [0.2, 0.25) is 0 Å². The number of imidazole rings is 1. The summed E-state index contributed by atoms with van der Waals surface area (Å²) in [5.41, 5.74) is 10.3. The van der Waals surface area contributed by atoms with Crippen LogP contribution in [0.25, 0.3) is 16.9 Å². The second kappa shape index (κ2) is 5.00. The molecular formula is C17H19N3. The molecule has 0 aliphatic heterocycles. The number of pyridine rings is 1.